The summed E-state index contributed by atoms with van der Waals surface area (Å²) < 4.78 is 33.8. The Morgan fingerprint density at radius 3 is 2.45 bits per heavy atom. The van der Waals surface area contributed by atoms with Crippen LogP contribution in [-0.4, -0.2) is 25.3 Å². The maximum atomic E-state index is 12.3. The Kier molecular flexibility index (Phi) is 3.99. The van der Waals surface area contributed by atoms with Gasteiger partial charge in [-0.05, 0) is 38.1 Å². The highest BCUT2D eigenvalue weighted by molar-refractivity contribution is 7.92. The van der Waals surface area contributed by atoms with E-state index in [4.69, 9.17) is 4.74 Å². The van der Waals surface area contributed by atoms with Crippen LogP contribution in [-0.2, 0) is 16.6 Å². The molecule has 0 radical (unpaired) electrons. The minimum atomic E-state index is -3.63. The zero-order valence-electron chi connectivity index (χ0n) is 11.6. The molecular weight excluding hydrogens is 278 g/mol. The number of aromatic nitrogens is 2. The Morgan fingerprint density at radius 2 is 1.95 bits per heavy atom. The summed E-state index contributed by atoms with van der Waals surface area (Å²) in [5.41, 5.74) is 0.960. The lowest BCUT2D eigenvalue weighted by Gasteiger charge is -2.07. The highest BCUT2D eigenvalue weighted by atomic mass is 32.2. The molecule has 1 aromatic carbocycles. The number of anilines is 1. The second kappa shape index (κ2) is 5.54. The lowest BCUT2D eigenvalue weighted by molar-refractivity contribution is 0.415. The number of rotatable bonds is 5. The van der Waals surface area contributed by atoms with Crippen LogP contribution in [0.3, 0.4) is 0 Å². The molecule has 0 aliphatic heterocycles. The Balaban J connectivity index is 2.27. The summed E-state index contributed by atoms with van der Waals surface area (Å²) in [5, 5.41) is 4.14. The van der Waals surface area contributed by atoms with Crippen molar-refractivity contribution in [3.05, 3.63) is 36.2 Å². The first-order chi connectivity index (χ1) is 9.46. The second-order valence-corrected chi connectivity index (χ2v) is 5.92. The van der Waals surface area contributed by atoms with Gasteiger partial charge >= 0.3 is 0 Å². The molecule has 0 aliphatic rings. The summed E-state index contributed by atoms with van der Waals surface area (Å²) in [7, 11) is -2.07. The summed E-state index contributed by atoms with van der Waals surface area (Å²) in [6.45, 7) is 4.20. The molecule has 0 aliphatic carbocycles. The largest absolute Gasteiger partial charge is 0.497 e. The van der Waals surface area contributed by atoms with Crippen LogP contribution in [0.2, 0.25) is 0 Å². The third kappa shape index (κ3) is 2.93. The molecule has 2 rings (SSSR count). The van der Waals surface area contributed by atoms with Crippen LogP contribution in [0, 0.1) is 6.92 Å². The van der Waals surface area contributed by atoms with Crippen molar-refractivity contribution in [3.63, 3.8) is 0 Å². The molecule has 1 heterocycles. The molecule has 20 heavy (non-hydrogen) atoms. The van der Waals surface area contributed by atoms with Gasteiger partial charge in [-0.3, -0.25) is 9.40 Å². The first-order valence-electron chi connectivity index (χ1n) is 6.17. The van der Waals surface area contributed by atoms with Crippen molar-refractivity contribution in [1.29, 1.82) is 0 Å². The fourth-order valence-corrected chi connectivity index (χ4v) is 3.04. The van der Waals surface area contributed by atoms with Crippen LogP contribution in [0.25, 0.3) is 0 Å². The molecule has 1 aromatic heterocycles. The molecular formula is C13H17N3O3S. The fraction of sp³-hybridized carbons (Fsp3) is 0.308. The van der Waals surface area contributed by atoms with Gasteiger partial charge in [-0.2, -0.15) is 5.10 Å². The predicted molar refractivity (Wildman–Crippen MR) is 76.4 cm³/mol. The lowest BCUT2D eigenvalue weighted by Crippen LogP contribution is -2.13. The van der Waals surface area contributed by atoms with Gasteiger partial charge in [0, 0.05) is 18.4 Å². The third-order valence-corrected chi connectivity index (χ3v) is 4.34. The summed E-state index contributed by atoms with van der Waals surface area (Å²) in [4.78, 5) is 0.190. The van der Waals surface area contributed by atoms with Gasteiger partial charge in [0.15, 0.2) is 0 Å². The van der Waals surface area contributed by atoms with Crippen LogP contribution >= 0.6 is 0 Å². The maximum Gasteiger partial charge on any atom is 0.265 e. The molecule has 0 atom stereocenters. The van der Waals surface area contributed by atoms with Gasteiger partial charge in [0.05, 0.1) is 12.8 Å². The fourth-order valence-electron chi connectivity index (χ4n) is 1.79. The first-order valence-corrected chi connectivity index (χ1v) is 7.65. The zero-order valence-corrected chi connectivity index (χ0v) is 12.4. The molecule has 2 aromatic rings. The molecule has 108 valence electrons. The van der Waals surface area contributed by atoms with E-state index in [9.17, 15) is 8.42 Å². The second-order valence-electron chi connectivity index (χ2n) is 4.27. The van der Waals surface area contributed by atoms with E-state index in [0.29, 0.717) is 23.7 Å². The molecule has 0 spiro atoms. The van der Waals surface area contributed by atoms with E-state index in [2.05, 4.69) is 9.82 Å². The summed E-state index contributed by atoms with van der Waals surface area (Å²) in [5.74, 6) is 0.669. The number of ether oxygens (including phenoxy) is 1. The van der Waals surface area contributed by atoms with E-state index in [-0.39, 0.29) is 4.90 Å². The van der Waals surface area contributed by atoms with Gasteiger partial charge in [0.1, 0.15) is 10.6 Å². The average molecular weight is 295 g/mol. The number of hydrogen-bond acceptors (Lipinski definition) is 4. The van der Waals surface area contributed by atoms with E-state index in [1.807, 2.05) is 6.92 Å². The smallest absolute Gasteiger partial charge is 0.265 e. The summed E-state index contributed by atoms with van der Waals surface area (Å²) in [6, 6.07) is 6.69. The van der Waals surface area contributed by atoms with Crippen LogP contribution in [0.15, 0.2) is 35.4 Å². The van der Waals surface area contributed by atoms with Crippen LogP contribution in [0.1, 0.15) is 12.6 Å². The molecule has 0 unspecified atom stereocenters. The topological polar surface area (TPSA) is 73.2 Å². The summed E-state index contributed by atoms with van der Waals surface area (Å²) >= 11 is 0. The highest BCUT2D eigenvalue weighted by Gasteiger charge is 2.20. The van der Waals surface area contributed by atoms with Crippen molar-refractivity contribution in [1.82, 2.24) is 9.78 Å². The molecule has 0 saturated carbocycles. The quantitative estimate of drug-likeness (QED) is 0.916. The Labute approximate surface area is 118 Å². The van der Waals surface area contributed by atoms with Crippen molar-refractivity contribution >= 4 is 15.7 Å². The van der Waals surface area contributed by atoms with Crippen molar-refractivity contribution in [2.45, 2.75) is 25.3 Å². The molecule has 7 heteroatoms. The number of benzene rings is 1. The van der Waals surface area contributed by atoms with Crippen molar-refractivity contribution in [3.8, 4) is 5.75 Å². The first kappa shape index (κ1) is 14.4. The highest BCUT2D eigenvalue weighted by Crippen LogP contribution is 2.20. The van der Waals surface area contributed by atoms with Crippen LogP contribution < -0.4 is 9.46 Å². The van der Waals surface area contributed by atoms with E-state index in [1.54, 1.807) is 43.0 Å². The van der Waals surface area contributed by atoms with Crippen LogP contribution in [0.4, 0.5) is 5.69 Å². The van der Waals surface area contributed by atoms with Gasteiger partial charge in [-0.1, -0.05) is 0 Å². The Bertz CT molecular complexity index is 690. The van der Waals surface area contributed by atoms with Gasteiger partial charge in [0.25, 0.3) is 10.0 Å². The minimum absolute atomic E-state index is 0.190. The van der Waals surface area contributed by atoms with Crippen molar-refractivity contribution in [2.75, 3.05) is 11.8 Å². The van der Waals surface area contributed by atoms with E-state index < -0.39 is 10.0 Å². The van der Waals surface area contributed by atoms with Crippen molar-refractivity contribution in [2.24, 2.45) is 0 Å². The van der Waals surface area contributed by atoms with E-state index in [1.165, 1.54) is 6.20 Å². The molecule has 1 N–H and O–H groups in total. The molecule has 0 fully saturated rings. The minimum Gasteiger partial charge on any atom is -0.497 e. The van der Waals surface area contributed by atoms with E-state index in [0.717, 1.165) is 0 Å². The van der Waals surface area contributed by atoms with Gasteiger partial charge in [0.2, 0.25) is 0 Å². The normalized spacial score (nSPS) is 11.3. The number of aryl methyl sites for hydroxylation is 2. The molecule has 0 amide bonds. The number of hydrogen-bond donors (Lipinski definition) is 1. The number of nitrogens with zero attached hydrogens (tertiary/aromatic N) is 2. The van der Waals surface area contributed by atoms with Crippen LogP contribution in [0.5, 0.6) is 5.75 Å². The van der Waals surface area contributed by atoms with Gasteiger partial charge in [-0.25, -0.2) is 8.42 Å². The number of nitrogens with one attached hydrogen (secondary N) is 1. The molecule has 0 saturated heterocycles. The molecule has 0 bridgehead atoms. The summed E-state index contributed by atoms with van der Waals surface area (Å²) in [6.07, 6.45) is 1.53. The predicted octanol–water partition coefficient (Wildman–Crippen LogP) is 2.02. The zero-order chi connectivity index (χ0) is 14.8. The lowest BCUT2D eigenvalue weighted by atomic mass is 10.3. The number of methoxy groups -OCH3 is 1. The number of sulfonamides is 1. The van der Waals surface area contributed by atoms with Gasteiger partial charge in [-0.15, -0.1) is 0 Å². The molecule has 6 nitrogen and oxygen atoms in total. The monoisotopic (exact) mass is 295 g/mol. The Hall–Kier alpha value is -2.02. The maximum absolute atomic E-state index is 12.3. The third-order valence-electron chi connectivity index (χ3n) is 2.86. The SMILES string of the molecule is CCn1cc(S(=O)(=O)Nc2ccc(OC)cc2)c(C)n1. The van der Waals surface area contributed by atoms with Gasteiger partial charge < -0.3 is 4.74 Å². The van der Waals surface area contributed by atoms with Crippen molar-refractivity contribution < 1.29 is 13.2 Å². The Morgan fingerprint density at radius 1 is 1.30 bits per heavy atom. The van der Waals surface area contributed by atoms with E-state index >= 15 is 0 Å². The standard InChI is InChI=1S/C13H17N3O3S/c1-4-16-9-13(10(2)14-16)20(17,18)15-11-5-7-12(19-3)8-6-11/h5-9,15H,4H2,1-3H3. The average Bonchev–Trinajstić information content (AvgIpc) is 2.81.